The number of ether oxygens (including phenoxy) is 1. The number of hydrogen-bond acceptors (Lipinski definition) is 5. The van der Waals surface area contributed by atoms with Crippen molar-refractivity contribution in [3.63, 3.8) is 0 Å². The Morgan fingerprint density at radius 1 is 1.00 bits per heavy atom. The average Bonchev–Trinajstić information content (AvgIpc) is 3.14. The topological polar surface area (TPSA) is 64.3 Å². The van der Waals surface area contributed by atoms with E-state index in [9.17, 15) is 0 Å². The zero-order chi connectivity index (χ0) is 18.5. The summed E-state index contributed by atoms with van der Waals surface area (Å²) in [7, 11) is 0. The minimum atomic E-state index is 0.501. The molecule has 0 radical (unpaired) electrons. The van der Waals surface area contributed by atoms with Gasteiger partial charge < -0.3 is 10.5 Å². The highest BCUT2D eigenvalue weighted by Crippen LogP contribution is 2.33. The van der Waals surface area contributed by atoms with E-state index in [2.05, 4.69) is 57.3 Å². The van der Waals surface area contributed by atoms with Crippen LogP contribution in [-0.2, 0) is 6.54 Å². The summed E-state index contributed by atoms with van der Waals surface area (Å²) in [6.07, 6.45) is 4.85. The van der Waals surface area contributed by atoms with E-state index in [1.165, 1.54) is 11.1 Å². The Hall–Kier alpha value is -2.76. The SMILES string of the molecule is NC[C@@H]1CN(Cc2ccc(Oc3cnccn3)cc2)C[C@H]1c1ccccc1. The second-order valence-corrected chi connectivity index (χ2v) is 7.00. The van der Waals surface area contributed by atoms with Gasteiger partial charge in [0.1, 0.15) is 5.75 Å². The molecular formula is C22H24N4O. The van der Waals surface area contributed by atoms with Gasteiger partial charge >= 0.3 is 0 Å². The van der Waals surface area contributed by atoms with Gasteiger partial charge in [0.25, 0.3) is 0 Å². The van der Waals surface area contributed by atoms with Gasteiger partial charge in [-0.2, -0.15) is 0 Å². The summed E-state index contributed by atoms with van der Waals surface area (Å²) in [4.78, 5) is 10.6. The first-order chi connectivity index (χ1) is 13.3. The maximum Gasteiger partial charge on any atom is 0.237 e. The predicted molar refractivity (Wildman–Crippen MR) is 106 cm³/mol. The fraction of sp³-hybridized carbons (Fsp3) is 0.273. The Morgan fingerprint density at radius 2 is 1.81 bits per heavy atom. The van der Waals surface area contributed by atoms with Crippen LogP contribution in [0.4, 0.5) is 0 Å². The Morgan fingerprint density at radius 3 is 2.52 bits per heavy atom. The first kappa shape index (κ1) is 17.6. The van der Waals surface area contributed by atoms with Crippen LogP contribution < -0.4 is 10.5 Å². The minimum absolute atomic E-state index is 0.501. The maximum absolute atomic E-state index is 6.06. The van der Waals surface area contributed by atoms with Gasteiger partial charge in [0.2, 0.25) is 5.88 Å². The van der Waals surface area contributed by atoms with E-state index in [1.54, 1.807) is 18.6 Å². The van der Waals surface area contributed by atoms with Crippen molar-refractivity contribution in [2.45, 2.75) is 12.5 Å². The smallest absolute Gasteiger partial charge is 0.237 e. The zero-order valence-electron chi connectivity index (χ0n) is 15.2. The molecule has 2 aromatic carbocycles. The fourth-order valence-electron chi connectivity index (χ4n) is 3.79. The van der Waals surface area contributed by atoms with Crippen LogP contribution in [-0.4, -0.2) is 34.5 Å². The van der Waals surface area contributed by atoms with Crippen molar-refractivity contribution in [2.24, 2.45) is 11.7 Å². The third-order valence-electron chi connectivity index (χ3n) is 5.14. The molecule has 5 heteroatoms. The number of benzene rings is 2. The van der Waals surface area contributed by atoms with Gasteiger partial charge in [-0.25, -0.2) is 4.98 Å². The molecule has 5 nitrogen and oxygen atoms in total. The number of hydrogen-bond donors (Lipinski definition) is 1. The van der Waals surface area contributed by atoms with E-state index in [-0.39, 0.29) is 0 Å². The van der Waals surface area contributed by atoms with Crippen LogP contribution in [0.25, 0.3) is 0 Å². The lowest BCUT2D eigenvalue weighted by atomic mass is 9.89. The van der Waals surface area contributed by atoms with Gasteiger partial charge in [0, 0.05) is 37.9 Å². The summed E-state index contributed by atoms with van der Waals surface area (Å²) < 4.78 is 5.71. The highest BCUT2D eigenvalue weighted by atomic mass is 16.5. The molecule has 0 spiro atoms. The summed E-state index contributed by atoms with van der Waals surface area (Å²) in [6, 6.07) is 18.9. The molecule has 0 saturated carbocycles. The lowest BCUT2D eigenvalue weighted by molar-refractivity contribution is 0.316. The average molecular weight is 360 g/mol. The third-order valence-corrected chi connectivity index (χ3v) is 5.14. The fourth-order valence-corrected chi connectivity index (χ4v) is 3.79. The molecule has 1 aromatic heterocycles. The zero-order valence-corrected chi connectivity index (χ0v) is 15.2. The van der Waals surface area contributed by atoms with Crippen molar-refractivity contribution in [2.75, 3.05) is 19.6 Å². The second-order valence-electron chi connectivity index (χ2n) is 7.00. The molecular weight excluding hydrogens is 336 g/mol. The van der Waals surface area contributed by atoms with E-state index in [4.69, 9.17) is 10.5 Å². The highest BCUT2D eigenvalue weighted by Gasteiger charge is 2.32. The van der Waals surface area contributed by atoms with E-state index >= 15 is 0 Å². The summed E-state index contributed by atoms with van der Waals surface area (Å²) in [5, 5.41) is 0. The molecule has 4 rings (SSSR count). The van der Waals surface area contributed by atoms with Crippen molar-refractivity contribution >= 4 is 0 Å². The molecule has 1 aliphatic rings. The van der Waals surface area contributed by atoms with Crippen LogP contribution in [0.15, 0.2) is 73.2 Å². The molecule has 2 N–H and O–H groups in total. The quantitative estimate of drug-likeness (QED) is 0.729. The summed E-state index contributed by atoms with van der Waals surface area (Å²) in [5.74, 6) is 2.28. The van der Waals surface area contributed by atoms with Crippen molar-refractivity contribution in [3.05, 3.63) is 84.3 Å². The van der Waals surface area contributed by atoms with Crippen LogP contribution in [0.5, 0.6) is 11.6 Å². The van der Waals surface area contributed by atoms with Crippen molar-refractivity contribution < 1.29 is 4.74 Å². The number of nitrogens with two attached hydrogens (primary N) is 1. The van der Waals surface area contributed by atoms with E-state index in [1.807, 2.05) is 12.1 Å². The number of nitrogens with zero attached hydrogens (tertiary/aromatic N) is 3. The van der Waals surface area contributed by atoms with Crippen LogP contribution in [0.1, 0.15) is 17.0 Å². The van der Waals surface area contributed by atoms with E-state index < -0.39 is 0 Å². The molecule has 0 bridgehead atoms. The van der Waals surface area contributed by atoms with Gasteiger partial charge in [-0.15, -0.1) is 0 Å². The lowest BCUT2D eigenvalue weighted by Gasteiger charge is -2.17. The molecule has 0 amide bonds. The van der Waals surface area contributed by atoms with Crippen molar-refractivity contribution in [1.29, 1.82) is 0 Å². The molecule has 1 aliphatic heterocycles. The molecule has 0 unspecified atom stereocenters. The molecule has 2 atom stereocenters. The van der Waals surface area contributed by atoms with Crippen molar-refractivity contribution in [3.8, 4) is 11.6 Å². The van der Waals surface area contributed by atoms with Gasteiger partial charge in [0.05, 0.1) is 6.20 Å². The second kappa shape index (κ2) is 8.29. The third kappa shape index (κ3) is 4.32. The first-order valence-electron chi connectivity index (χ1n) is 9.32. The Balaban J connectivity index is 1.39. The monoisotopic (exact) mass is 360 g/mol. The maximum atomic E-state index is 6.06. The van der Waals surface area contributed by atoms with E-state index in [0.29, 0.717) is 17.7 Å². The van der Waals surface area contributed by atoms with Gasteiger partial charge in [-0.3, -0.25) is 9.88 Å². The van der Waals surface area contributed by atoms with Gasteiger partial charge in [-0.05, 0) is 35.7 Å². The van der Waals surface area contributed by atoms with Crippen molar-refractivity contribution in [1.82, 2.24) is 14.9 Å². The Bertz CT molecular complexity index is 839. The number of rotatable bonds is 6. The Kier molecular flexibility index (Phi) is 5.42. The Labute approximate surface area is 159 Å². The van der Waals surface area contributed by atoms with Gasteiger partial charge in [-0.1, -0.05) is 42.5 Å². The molecule has 3 aromatic rings. The molecule has 0 aliphatic carbocycles. The summed E-state index contributed by atoms with van der Waals surface area (Å²) >= 11 is 0. The lowest BCUT2D eigenvalue weighted by Crippen LogP contribution is -2.23. The number of aromatic nitrogens is 2. The minimum Gasteiger partial charge on any atom is -0.438 e. The molecule has 2 heterocycles. The van der Waals surface area contributed by atoms with Crippen LogP contribution in [0, 0.1) is 5.92 Å². The van der Waals surface area contributed by atoms with Crippen LogP contribution in [0.2, 0.25) is 0 Å². The molecule has 138 valence electrons. The van der Waals surface area contributed by atoms with Crippen LogP contribution >= 0.6 is 0 Å². The molecule has 1 saturated heterocycles. The highest BCUT2D eigenvalue weighted by molar-refractivity contribution is 5.30. The number of likely N-dealkylation sites (tertiary alicyclic amines) is 1. The van der Waals surface area contributed by atoms with Gasteiger partial charge in [0.15, 0.2) is 0 Å². The predicted octanol–water partition coefficient (Wildman–Crippen LogP) is 3.44. The standard InChI is InChI=1S/C22H24N4O/c23-12-19-15-26(16-21(19)18-4-2-1-3-5-18)14-17-6-8-20(9-7-17)27-22-13-24-10-11-25-22/h1-11,13,19,21H,12,14-16,23H2/t19-,21+/m1/s1. The van der Waals surface area contributed by atoms with Crippen LogP contribution in [0.3, 0.4) is 0 Å². The normalized spacial score (nSPS) is 19.9. The van der Waals surface area contributed by atoms with E-state index in [0.717, 1.165) is 31.9 Å². The molecule has 1 fully saturated rings. The molecule has 27 heavy (non-hydrogen) atoms. The summed E-state index contributed by atoms with van der Waals surface area (Å²) in [6.45, 7) is 3.73. The summed E-state index contributed by atoms with van der Waals surface area (Å²) in [5.41, 5.74) is 8.72. The first-order valence-corrected chi connectivity index (χ1v) is 9.32. The largest absolute Gasteiger partial charge is 0.438 e.